The highest BCUT2D eigenvalue weighted by Gasteiger charge is 2.11. The smallest absolute Gasteiger partial charge is 0.248 e. The van der Waals surface area contributed by atoms with E-state index in [4.69, 9.17) is 25.8 Å². The van der Waals surface area contributed by atoms with Crippen LogP contribution in [0.5, 0.6) is 17.2 Å². The van der Waals surface area contributed by atoms with Crippen LogP contribution >= 0.6 is 11.6 Å². The zero-order chi connectivity index (χ0) is 22.9. The maximum atomic E-state index is 12.1. The molecule has 0 fully saturated rings. The largest absolute Gasteiger partial charge is 0.493 e. The molecule has 0 radical (unpaired) electrons. The predicted molar refractivity (Wildman–Crippen MR) is 131 cm³/mol. The molecule has 0 heterocycles. The van der Waals surface area contributed by atoms with E-state index in [2.05, 4.69) is 5.32 Å². The standard InChI is InChI=1S/C26H24ClNO4/c1-30-23-16-20(17-24(31-2)26(23)32-3)5-4-18-8-13-22(14-9-18)28-25(29)15-10-19-6-11-21(27)12-7-19/h4-17H,1-3H3,(H,28,29)/b5-4+,15-10+. The molecular formula is C26H24ClNO4. The van der Waals surface area contributed by atoms with Crippen LogP contribution in [-0.2, 0) is 4.79 Å². The molecule has 0 bridgehead atoms. The van der Waals surface area contributed by atoms with E-state index in [0.717, 1.165) is 16.7 Å². The minimum atomic E-state index is -0.208. The third kappa shape index (κ3) is 6.15. The summed E-state index contributed by atoms with van der Waals surface area (Å²) in [5.74, 6) is 1.53. The van der Waals surface area contributed by atoms with Crippen LogP contribution in [0.25, 0.3) is 18.2 Å². The second-order valence-corrected chi connectivity index (χ2v) is 7.22. The van der Waals surface area contributed by atoms with Gasteiger partial charge in [0, 0.05) is 16.8 Å². The molecule has 1 amide bonds. The lowest BCUT2D eigenvalue weighted by Gasteiger charge is -2.12. The molecule has 6 heteroatoms. The number of rotatable bonds is 8. The highest BCUT2D eigenvalue weighted by atomic mass is 35.5. The molecule has 0 saturated heterocycles. The van der Waals surface area contributed by atoms with Crippen molar-refractivity contribution in [3.8, 4) is 17.2 Å². The summed E-state index contributed by atoms with van der Waals surface area (Å²) in [6.45, 7) is 0. The molecule has 3 aromatic carbocycles. The van der Waals surface area contributed by atoms with Crippen molar-refractivity contribution in [2.24, 2.45) is 0 Å². The molecule has 1 N–H and O–H groups in total. The number of nitrogens with one attached hydrogen (secondary N) is 1. The molecule has 0 unspecified atom stereocenters. The average molecular weight is 450 g/mol. The lowest BCUT2D eigenvalue weighted by atomic mass is 10.1. The van der Waals surface area contributed by atoms with Crippen LogP contribution in [0.4, 0.5) is 5.69 Å². The number of benzene rings is 3. The number of carbonyl (C=O) groups excluding carboxylic acids is 1. The fourth-order valence-electron chi connectivity index (χ4n) is 3.00. The van der Waals surface area contributed by atoms with Crippen LogP contribution in [-0.4, -0.2) is 27.2 Å². The Morgan fingerprint density at radius 3 is 1.84 bits per heavy atom. The van der Waals surface area contributed by atoms with Gasteiger partial charge in [-0.25, -0.2) is 0 Å². The van der Waals surface area contributed by atoms with Gasteiger partial charge in [0.1, 0.15) is 0 Å². The number of hydrogen-bond donors (Lipinski definition) is 1. The molecule has 0 aliphatic carbocycles. The van der Waals surface area contributed by atoms with Gasteiger partial charge >= 0.3 is 0 Å². The molecule has 164 valence electrons. The Morgan fingerprint density at radius 2 is 1.28 bits per heavy atom. The van der Waals surface area contributed by atoms with E-state index in [9.17, 15) is 4.79 Å². The van der Waals surface area contributed by atoms with Crippen molar-refractivity contribution in [1.82, 2.24) is 0 Å². The van der Waals surface area contributed by atoms with Crippen molar-refractivity contribution in [1.29, 1.82) is 0 Å². The number of ether oxygens (including phenoxy) is 3. The molecule has 3 aromatic rings. The van der Waals surface area contributed by atoms with E-state index in [1.165, 1.54) is 6.08 Å². The molecule has 0 aliphatic rings. The van der Waals surface area contributed by atoms with E-state index >= 15 is 0 Å². The lowest BCUT2D eigenvalue weighted by molar-refractivity contribution is -0.111. The SMILES string of the molecule is COc1cc(/C=C/c2ccc(NC(=O)/C=C/c3ccc(Cl)cc3)cc2)cc(OC)c1OC. The summed E-state index contributed by atoms with van der Waals surface area (Å²) in [4.78, 5) is 12.1. The molecule has 0 atom stereocenters. The maximum Gasteiger partial charge on any atom is 0.248 e. The third-order valence-corrected chi connectivity index (χ3v) is 4.88. The quantitative estimate of drug-likeness (QED) is 0.329. The van der Waals surface area contributed by atoms with Gasteiger partial charge in [0.15, 0.2) is 11.5 Å². The van der Waals surface area contributed by atoms with Gasteiger partial charge in [0.05, 0.1) is 21.3 Å². The number of amides is 1. The van der Waals surface area contributed by atoms with E-state index in [1.807, 2.05) is 60.7 Å². The highest BCUT2D eigenvalue weighted by Crippen LogP contribution is 2.38. The predicted octanol–water partition coefficient (Wildman–Crippen LogP) is 6.19. The first-order valence-corrected chi connectivity index (χ1v) is 10.2. The first-order valence-electron chi connectivity index (χ1n) is 9.85. The Balaban J connectivity index is 1.65. The molecule has 0 saturated carbocycles. The van der Waals surface area contributed by atoms with Gasteiger partial charge in [-0.1, -0.05) is 48.0 Å². The van der Waals surface area contributed by atoms with Gasteiger partial charge in [0.2, 0.25) is 11.7 Å². The van der Waals surface area contributed by atoms with Crippen LogP contribution in [0.1, 0.15) is 16.7 Å². The fraction of sp³-hybridized carbons (Fsp3) is 0.115. The van der Waals surface area contributed by atoms with Crippen molar-refractivity contribution >= 4 is 41.4 Å². The number of anilines is 1. The molecule has 5 nitrogen and oxygen atoms in total. The summed E-state index contributed by atoms with van der Waals surface area (Å²) in [6.07, 6.45) is 7.14. The molecule has 0 aromatic heterocycles. The van der Waals surface area contributed by atoms with Gasteiger partial charge in [-0.3, -0.25) is 4.79 Å². The van der Waals surface area contributed by atoms with Gasteiger partial charge in [-0.2, -0.15) is 0 Å². The average Bonchev–Trinajstić information content (AvgIpc) is 2.82. The number of hydrogen-bond acceptors (Lipinski definition) is 4. The van der Waals surface area contributed by atoms with Crippen LogP contribution in [0.2, 0.25) is 5.02 Å². The number of methoxy groups -OCH3 is 3. The molecule has 0 aliphatic heterocycles. The zero-order valence-corrected chi connectivity index (χ0v) is 18.8. The van der Waals surface area contributed by atoms with Gasteiger partial charge < -0.3 is 19.5 Å². The van der Waals surface area contributed by atoms with Crippen molar-refractivity contribution in [3.05, 3.63) is 88.5 Å². The van der Waals surface area contributed by atoms with E-state index in [0.29, 0.717) is 28.0 Å². The lowest BCUT2D eigenvalue weighted by Crippen LogP contribution is -2.07. The molecule has 32 heavy (non-hydrogen) atoms. The van der Waals surface area contributed by atoms with Crippen molar-refractivity contribution < 1.29 is 19.0 Å². The first-order chi connectivity index (χ1) is 15.5. The normalized spacial score (nSPS) is 11.0. The summed E-state index contributed by atoms with van der Waals surface area (Å²) in [7, 11) is 4.74. The van der Waals surface area contributed by atoms with Crippen LogP contribution in [0.3, 0.4) is 0 Å². The van der Waals surface area contributed by atoms with E-state index in [1.54, 1.807) is 39.5 Å². The molecular weight excluding hydrogens is 426 g/mol. The summed E-state index contributed by atoms with van der Waals surface area (Å²) in [6, 6.07) is 18.6. The Kier molecular flexibility index (Phi) is 7.95. The van der Waals surface area contributed by atoms with Crippen molar-refractivity contribution in [3.63, 3.8) is 0 Å². The second-order valence-electron chi connectivity index (χ2n) is 6.79. The summed E-state index contributed by atoms with van der Waals surface area (Å²) >= 11 is 5.87. The second kappa shape index (κ2) is 11.1. The van der Waals surface area contributed by atoms with Gasteiger partial charge in [-0.05, 0) is 59.2 Å². The van der Waals surface area contributed by atoms with E-state index < -0.39 is 0 Å². The summed E-state index contributed by atoms with van der Waals surface area (Å²) in [5, 5.41) is 3.50. The minimum absolute atomic E-state index is 0.208. The van der Waals surface area contributed by atoms with Crippen molar-refractivity contribution in [2.75, 3.05) is 26.6 Å². The van der Waals surface area contributed by atoms with Gasteiger partial charge in [0.25, 0.3) is 0 Å². The van der Waals surface area contributed by atoms with Gasteiger partial charge in [-0.15, -0.1) is 0 Å². The maximum absolute atomic E-state index is 12.1. The number of halogens is 1. The Bertz CT molecular complexity index is 1090. The summed E-state index contributed by atoms with van der Waals surface area (Å²) in [5.41, 5.74) is 3.50. The first kappa shape index (κ1) is 23.0. The van der Waals surface area contributed by atoms with Crippen LogP contribution < -0.4 is 19.5 Å². The topological polar surface area (TPSA) is 56.8 Å². The third-order valence-electron chi connectivity index (χ3n) is 4.63. The Hall–Kier alpha value is -3.70. The molecule has 3 rings (SSSR count). The monoisotopic (exact) mass is 449 g/mol. The van der Waals surface area contributed by atoms with Crippen LogP contribution in [0, 0.1) is 0 Å². The van der Waals surface area contributed by atoms with E-state index in [-0.39, 0.29) is 5.91 Å². The highest BCUT2D eigenvalue weighted by molar-refractivity contribution is 6.30. The zero-order valence-electron chi connectivity index (χ0n) is 18.1. The Labute approximate surface area is 192 Å². The Morgan fingerprint density at radius 1 is 0.750 bits per heavy atom. The summed E-state index contributed by atoms with van der Waals surface area (Å²) < 4.78 is 16.1. The van der Waals surface area contributed by atoms with Crippen LogP contribution in [0.15, 0.2) is 66.7 Å². The fourth-order valence-corrected chi connectivity index (χ4v) is 3.12. The minimum Gasteiger partial charge on any atom is -0.493 e. The number of carbonyl (C=O) groups is 1. The molecule has 0 spiro atoms. The van der Waals surface area contributed by atoms with Crippen molar-refractivity contribution in [2.45, 2.75) is 0 Å².